The normalized spacial score (nSPS) is 23.2. The number of rotatable bonds is 1. The molecule has 2 aliphatic heterocycles. The zero-order valence-electron chi connectivity index (χ0n) is 8.81. The molecule has 1 aromatic carbocycles. The van der Waals surface area contributed by atoms with Gasteiger partial charge in [0.05, 0.1) is 12.3 Å². The molecule has 0 aromatic heterocycles. The van der Waals surface area contributed by atoms with Gasteiger partial charge < -0.3 is 4.74 Å². The number of hydrogen-bond donors (Lipinski definition) is 2. The van der Waals surface area contributed by atoms with Crippen LogP contribution in [0.25, 0.3) is 6.08 Å². The minimum absolute atomic E-state index is 0.0851. The third-order valence-electron chi connectivity index (χ3n) is 2.68. The van der Waals surface area contributed by atoms with E-state index >= 15 is 0 Å². The summed E-state index contributed by atoms with van der Waals surface area (Å²) in [7, 11) is 0. The molecule has 1 unspecified atom stereocenters. The van der Waals surface area contributed by atoms with Gasteiger partial charge >= 0.3 is 0 Å². The van der Waals surface area contributed by atoms with E-state index < -0.39 is 0 Å². The number of para-hydroxylation sites is 1. The van der Waals surface area contributed by atoms with E-state index in [1.54, 1.807) is 0 Å². The van der Waals surface area contributed by atoms with Crippen LogP contribution in [0.2, 0.25) is 0 Å². The zero-order chi connectivity index (χ0) is 10.8. The smallest absolute Gasteiger partial charge is 0.153 e. The third-order valence-corrected chi connectivity index (χ3v) is 2.68. The average molecular weight is 215 g/mol. The van der Waals surface area contributed by atoms with Gasteiger partial charge in [-0.3, -0.25) is 10.7 Å². The van der Waals surface area contributed by atoms with E-state index in [2.05, 4.69) is 28.0 Å². The lowest BCUT2D eigenvalue weighted by Gasteiger charge is -2.08. The van der Waals surface area contributed by atoms with Gasteiger partial charge in [-0.25, -0.2) is 0 Å². The zero-order valence-corrected chi connectivity index (χ0v) is 8.81. The van der Waals surface area contributed by atoms with Crippen molar-refractivity contribution >= 4 is 17.5 Å². The van der Waals surface area contributed by atoms with Crippen molar-refractivity contribution in [3.05, 3.63) is 35.9 Å². The molecule has 0 saturated carbocycles. The highest BCUT2D eigenvalue weighted by molar-refractivity contribution is 6.03. The van der Waals surface area contributed by atoms with Crippen LogP contribution in [-0.4, -0.2) is 25.1 Å². The number of anilines is 1. The molecule has 2 N–H and O–H groups in total. The van der Waals surface area contributed by atoms with Crippen LogP contribution in [0.5, 0.6) is 0 Å². The summed E-state index contributed by atoms with van der Waals surface area (Å²) in [5.74, 6) is 0. The van der Waals surface area contributed by atoms with Gasteiger partial charge in [-0.1, -0.05) is 24.3 Å². The summed E-state index contributed by atoms with van der Waals surface area (Å²) >= 11 is 0. The standard InChI is InChI=1S/C12H13N3O/c1-2-4-10-9(3-1)5-6-11(15-14-10)12-13-7-8-16-12/h1-6,12-14H,7-8H2. The molecule has 82 valence electrons. The van der Waals surface area contributed by atoms with Gasteiger partial charge in [-0.15, -0.1) is 0 Å². The van der Waals surface area contributed by atoms with Gasteiger partial charge in [-0.05, 0) is 17.7 Å². The molecular weight excluding hydrogens is 202 g/mol. The maximum absolute atomic E-state index is 5.51. The Kier molecular flexibility index (Phi) is 2.44. The Labute approximate surface area is 94.0 Å². The van der Waals surface area contributed by atoms with Gasteiger partial charge in [0, 0.05) is 6.54 Å². The Morgan fingerprint density at radius 2 is 2.19 bits per heavy atom. The molecule has 2 heterocycles. The molecule has 3 rings (SSSR count). The number of benzene rings is 1. The van der Waals surface area contributed by atoms with Gasteiger partial charge in [0.25, 0.3) is 0 Å². The van der Waals surface area contributed by atoms with Crippen LogP contribution < -0.4 is 10.7 Å². The number of hydrogen-bond acceptors (Lipinski definition) is 4. The highest BCUT2D eigenvalue weighted by atomic mass is 16.5. The maximum atomic E-state index is 5.51. The summed E-state index contributed by atoms with van der Waals surface area (Å²) in [6.07, 6.45) is 3.96. The molecule has 4 heteroatoms. The minimum atomic E-state index is -0.0851. The van der Waals surface area contributed by atoms with E-state index in [1.165, 1.54) is 0 Å². The molecule has 1 aromatic rings. The van der Waals surface area contributed by atoms with Crippen molar-refractivity contribution in [3.8, 4) is 0 Å². The molecule has 1 atom stereocenters. The molecule has 4 nitrogen and oxygen atoms in total. The summed E-state index contributed by atoms with van der Waals surface area (Å²) < 4.78 is 5.51. The van der Waals surface area contributed by atoms with Crippen LogP contribution in [0.4, 0.5) is 5.69 Å². The number of nitrogens with zero attached hydrogens (tertiary/aromatic N) is 1. The van der Waals surface area contributed by atoms with Crippen molar-refractivity contribution in [2.24, 2.45) is 5.10 Å². The second-order valence-electron chi connectivity index (χ2n) is 3.77. The lowest BCUT2D eigenvalue weighted by atomic mass is 10.1. The largest absolute Gasteiger partial charge is 0.356 e. The Bertz CT molecular complexity index is 447. The molecule has 0 spiro atoms. The van der Waals surface area contributed by atoms with E-state index in [0.717, 1.165) is 30.1 Å². The van der Waals surface area contributed by atoms with Crippen molar-refractivity contribution in [3.63, 3.8) is 0 Å². The molecule has 0 amide bonds. The average Bonchev–Trinajstić information content (AvgIpc) is 2.76. The molecular formula is C12H13N3O. The van der Waals surface area contributed by atoms with E-state index in [0.29, 0.717) is 0 Å². The van der Waals surface area contributed by atoms with Crippen LogP contribution in [0.15, 0.2) is 35.4 Å². The van der Waals surface area contributed by atoms with Crippen LogP contribution >= 0.6 is 0 Å². The summed E-state index contributed by atoms with van der Waals surface area (Å²) in [6, 6.07) is 8.07. The lowest BCUT2D eigenvalue weighted by molar-refractivity contribution is 0.152. The van der Waals surface area contributed by atoms with E-state index in [9.17, 15) is 0 Å². The summed E-state index contributed by atoms with van der Waals surface area (Å²) in [6.45, 7) is 1.62. The van der Waals surface area contributed by atoms with Gasteiger partial charge in [0.2, 0.25) is 0 Å². The second-order valence-corrected chi connectivity index (χ2v) is 3.77. The van der Waals surface area contributed by atoms with Crippen molar-refractivity contribution in [1.82, 2.24) is 5.32 Å². The van der Waals surface area contributed by atoms with Gasteiger partial charge in [0.1, 0.15) is 5.71 Å². The first-order chi connectivity index (χ1) is 7.93. The quantitative estimate of drug-likeness (QED) is 0.745. The highest BCUT2D eigenvalue weighted by Gasteiger charge is 2.20. The molecule has 16 heavy (non-hydrogen) atoms. The fourth-order valence-electron chi connectivity index (χ4n) is 1.84. The molecule has 1 fully saturated rings. The van der Waals surface area contributed by atoms with E-state index in [4.69, 9.17) is 4.74 Å². The first kappa shape index (κ1) is 9.57. The number of hydrazone groups is 1. The van der Waals surface area contributed by atoms with Crippen LogP contribution in [-0.2, 0) is 4.74 Å². The van der Waals surface area contributed by atoms with Crippen LogP contribution in [0, 0.1) is 0 Å². The third kappa shape index (κ3) is 1.73. The Morgan fingerprint density at radius 3 is 3.06 bits per heavy atom. The number of nitrogens with one attached hydrogen (secondary N) is 2. The van der Waals surface area contributed by atoms with Crippen molar-refractivity contribution < 1.29 is 4.74 Å². The summed E-state index contributed by atoms with van der Waals surface area (Å²) in [4.78, 5) is 0. The highest BCUT2D eigenvalue weighted by Crippen LogP contribution is 2.19. The Hall–Kier alpha value is -1.65. The molecule has 0 aliphatic carbocycles. The monoisotopic (exact) mass is 215 g/mol. The van der Waals surface area contributed by atoms with Crippen LogP contribution in [0.3, 0.4) is 0 Å². The second kappa shape index (κ2) is 4.08. The van der Waals surface area contributed by atoms with E-state index in [-0.39, 0.29) is 6.23 Å². The topological polar surface area (TPSA) is 45.7 Å². The summed E-state index contributed by atoms with van der Waals surface area (Å²) in [5.41, 5.74) is 6.10. The first-order valence-electron chi connectivity index (χ1n) is 5.39. The lowest BCUT2D eigenvalue weighted by Crippen LogP contribution is -2.31. The predicted octanol–water partition coefficient (Wildman–Crippen LogP) is 1.43. The Morgan fingerprint density at radius 1 is 1.25 bits per heavy atom. The first-order valence-corrected chi connectivity index (χ1v) is 5.39. The SMILES string of the molecule is C1=Cc2ccccc2NN=C1C1NCCO1. The van der Waals surface area contributed by atoms with Crippen LogP contribution in [0.1, 0.15) is 5.56 Å². The van der Waals surface area contributed by atoms with Gasteiger partial charge in [-0.2, -0.15) is 5.10 Å². The van der Waals surface area contributed by atoms with Crippen molar-refractivity contribution in [2.75, 3.05) is 18.6 Å². The fraction of sp³-hybridized carbons (Fsp3) is 0.250. The maximum Gasteiger partial charge on any atom is 0.153 e. The number of ether oxygens (including phenoxy) is 1. The molecule has 1 saturated heterocycles. The van der Waals surface area contributed by atoms with Gasteiger partial charge in [0.15, 0.2) is 6.23 Å². The van der Waals surface area contributed by atoms with E-state index in [1.807, 2.05) is 24.3 Å². The number of fused-ring (bicyclic) bond motifs is 1. The minimum Gasteiger partial charge on any atom is -0.356 e. The van der Waals surface area contributed by atoms with Crippen molar-refractivity contribution in [2.45, 2.75) is 6.23 Å². The Balaban J connectivity index is 1.88. The molecule has 0 bridgehead atoms. The fourth-order valence-corrected chi connectivity index (χ4v) is 1.84. The van der Waals surface area contributed by atoms with Crippen molar-refractivity contribution in [1.29, 1.82) is 0 Å². The summed E-state index contributed by atoms with van der Waals surface area (Å²) in [5, 5.41) is 7.58. The predicted molar refractivity (Wildman–Crippen MR) is 64.3 cm³/mol. The molecule has 2 aliphatic rings. The molecule has 0 radical (unpaired) electrons.